The lowest BCUT2D eigenvalue weighted by Gasteiger charge is -2.34. The molecule has 0 aliphatic carbocycles. The Labute approximate surface area is 111 Å². The second-order valence-corrected chi connectivity index (χ2v) is 4.31. The van der Waals surface area contributed by atoms with Crippen molar-refractivity contribution in [3.8, 4) is 5.75 Å². The summed E-state index contributed by atoms with van der Waals surface area (Å²) in [6.07, 6.45) is 0. The van der Waals surface area contributed by atoms with Gasteiger partial charge in [-0.15, -0.1) is 0 Å². The number of carbonyl (C=O) groups is 2. The first kappa shape index (κ1) is 13.4. The van der Waals surface area contributed by atoms with Gasteiger partial charge in [-0.25, -0.2) is 0 Å². The van der Waals surface area contributed by atoms with Crippen LogP contribution in [0.2, 0.25) is 0 Å². The molecule has 102 valence electrons. The molecule has 6 nitrogen and oxygen atoms in total. The van der Waals surface area contributed by atoms with Crippen LogP contribution in [0.5, 0.6) is 5.75 Å². The molecule has 1 heterocycles. The summed E-state index contributed by atoms with van der Waals surface area (Å²) in [4.78, 5) is 24.8. The molecule has 0 saturated carbocycles. The predicted molar refractivity (Wildman–Crippen MR) is 69.5 cm³/mol. The highest BCUT2D eigenvalue weighted by Crippen LogP contribution is 2.09. The molecular weight excluding hydrogens is 246 g/mol. The Balaban J connectivity index is 1.93. The molecule has 1 aliphatic heterocycles. The van der Waals surface area contributed by atoms with Gasteiger partial charge in [0.25, 0.3) is 5.91 Å². The lowest BCUT2D eigenvalue weighted by atomic mass is 10.2. The van der Waals surface area contributed by atoms with Crippen molar-refractivity contribution < 1.29 is 14.3 Å². The molecule has 0 bridgehead atoms. The third kappa shape index (κ3) is 3.45. The summed E-state index contributed by atoms with van der Waals surface area (Å²) < 4.78 is 5.39. The number of nitrogens with zero attached hydrogens (tertiary/aromatic N) is 1. The van der Waals surface area contributed by atoms with Gasteiger partial charge in [0.2, 0.25) is 5.91 Å². The maximum absolute atomic E-state index is 12.1. The fourth-order valence-electron chi connectivity index (χ4n) is 2.00. The molecule has 0 radical (unpaired) electrons. The monoisotopic (exact) mass is 263 g/mol. The topological polar surface area (TPSA) is 84.7 Å². The van der Waals surface area contributed by atoms with Crippen LogP contribution in [0.4, 0.5) is 0 Å². The molecule has 6 heteroatoms. The van der Waals surface area contributed by atoms with E-state index in [-0.39, 0.29) is 12.5 Å². The van der Waals surface area contributed by atoms with Crippen LogP contribution in [0.25, 0.3) is 0 Å². The molecule has 19 heavy (non-hydrogen) atoms. The molecular formula is C13H17N3O3. The number of rotatable bonds is 4. The van der Waals surface area contributed by atoms with Crippen molar-refractivity contribution in [1.82, 2.24) is 10.2 Å². The van der Waals surface area contributed by atoms with Crippen molar-refractivity contribution >= 4 is 11.8 Å². The SMILES string of the molecule is NC(=O)[C@H]1CNCCN1C(=O)COc1ccccc1. The van der Waals surface area contributed by atoms with Crippen LogP contribution in [0.1, 0.15) is 0 Å². The Bertz CT molecular complexity index is 450. The first-order valence-electron chi connectivity index (χ1n) is 6.16. The summed E-state index contributed by atoms with van der Waals surface area (Å²) >= 11 is 0. The van der Waals surface area contributed by atoms with E-state index < -0.39 is 11.9 Å². The minimum atomic E-state index is -0.597. The van der Waals surface area contributed by atoms with E-state index in [9.17, 15) is 9.59 Å². The fraction of sp³-hybridized carbons (Fsp3) is 0.385. The van der Waals surface area contributed by atoms with Gasteiger partial charge >= 0.3 is 0 Å². The summed E-state index contributed by atoms with van der Waals surface area (Å²) in [6.45, 7) is 1.42. The van der Waals surface area contributed by atoms with Crippen molar-refractivity contribution in [3.05, 3.63) is 30.3 Å². The van der Waals surface area contributed by atoms with Crippen LogP contribution in [0.15, 0.2) is 30.3 Å². The normalized spacial score (nSPS) is 18.9. The van der Waals surface area contributed by atoms with Crippen LogP contribution in [0, 0.1) is 0 Å². The van der Waals surface area contributed by atoms with Gasteiger partial charge in [0.15, 0.2) is 6.61 Å². The average molecular weight is 263 g/mol. The van der Waals surface area contributed by atoms with Gasteiger partial charge in [0, 0.05) is 19.6 Å². The van der Waals surface area contributed by atoms with Crippen molar-refractivity contribution in [3.63, 3.8) is 0 Å². The van der Waals surface area contributed by atoms with Crippen LogP contribution < -0.4 is 15.8 Å². The van der Waals surface area contributed by atoms with E-state index in [1.165, 1.54) is 4.90 Å². The summed E-state index contributed by atoms with van der Waals surface area (Å²) in [5, 5.41) is 3.04. The Morgan fingerprint density at radius 3 is 2.79 bits per heavy atom. The third-order valence-electron chi connectivity index (χ3n) is 3.00. The van der Waals surface area contributed by atoms with E-state index in [0.29, 0.717) is 25.4 Å². The van der Waals surface area contributed by atoms with Gasteiger partial charge in [-0.1, -0.05) is 18.2 Å². The third-order valence-corrected chi connectivity index (χ3v) is 3.00. The number of ether oxygens (including phenoxy) is 1. The van der Waals surface area contributed by atoms with Gasteiger partial charge in [0.1, 0.15) is 11.8 Å². The van der Waals surface area contributed by atoms with Gasteiger partial charge in [-0.2, -0.15) is 0 Å². The zero-order valence-electron chi connectivity index (χ0n) is 10.5. The maximum atomic E-state index is 12.1. The largest absolute Gasteiger partial charge is 0.484 e. The highest BCUT2D eigenvalue weighted by Gasteiger charge is 2.30. The Kier molecular flexibility index (Phi) is 4.35. The number of hydrogen-bond donors (Lipinski definition) is 2. The number of amides is 2. The minimum absolute atomic E-state index is 0.0895. The molecule has 1 fully saturated rings. The van der Waals surface area contributed by atoms with E-state index >= 15 is 0 Å². The maximum Gasteiger partial charge on any atom is 0.261 e. The summed E-state index contributed by atoms with van der Waals surface area (Å²) in [5.74, 6) is -0.101. The Morgan fingerprint density at radius 1 is 1.37 bits per heavy atom. The van der Waals surface area contributed by atoms with Crippen molar-refractivity contribution in [1.29, 1.82) is 0 Å². The summed E-state index contributed by atoms with van der Waals surface area (Å²) in [7, 11) is 0. The molecule has 2 amide bonds. The van der Waals surface area contributed by atoms with Crippen molar-refractivity contribution in [2.24, 2.45) is 5.73 Å². The summed E-state index contributed by atoms with van der Waals surface area (Å²) in [5.41, 5.74) is 5.29. The van der Waals surface area contributed by atoms with Gasteiger partial charge < -0.3 is 20.7 Å². The molecule has 1 saturated heterocycles. The molecule has 1 aromatic carbocycles. The molecule has 0 unspecified atom stereocenters. The highest BCUT2D eigenvalue weighted by molar-refractivity contribution is 5.87. The quantitative estimate of drug-likeness (QED) is 0.756. The smallest absolute Gasteiger partial charge is 0.261 e. The zero-order valence-corrected chi connectivity index (χ0v) is 10.5. The Morgan fingerprint density at radius 2 is 2.11 bits per heavy atom. The number of nitrogens with one attached hydrogen (secondary N) is 1. The molecule has 0 aromatic heterocycles. The van der Waals surface area contributed by atoms with E-state index in [1.807, 2.05) is 18.2 Å². The fourth-order valence-corrected chi connectivity index (χ4v) is 2.00. The number of carbonyl (C=O) groups excluding carboxylic acids is 2. The Hall–Kier alpha value is -2.08. The highest BCUT2D eigenvalue weighted by atomic mass is 16.5. The number of nitrogens with two attached hydrogens (primary N) is 1. The minimum Gasteiger partial charge on any atom is -0.484 e. The number of piperazine rings is 1. The standard InChI is InChI=1S/C13H17N3O3/c14-13(18)11-8-15-6-7-16(11)12(17)9-19-10-4-2-1-3-5-10/h1-5,11,15H,6-9H2,(H2,14,18)/t11-/m1/s1. The van der Waals surface area contributed by atoms with E-state index in [4.69, 9.17) is 10.5 Å². The number of benzene rings is 1. The van der Waals surface area contributed by atoms with E-state index in [1.54, 1.807) is 12.1 Å². The first-order valence-corrected chi connectivity index (χ1v) is 6.16. The average Bonchev–Trinajstić information content (AvgIpc) is 2.46. The van der Waals surface area contributed by atoms with Crippen molar-refractivity contribution in [2.75, 3.05) is 26.2 Å². The second kappa shape index (κ2) is 6.19. The van der Waals surface area contributed by atoms with Crippen molar-refractivity contribution in [2.45, 2.75) is 6.04 Å². The number of para-hydroxylation sites is 1. The van der Waals surface area contributed by atoms with Gasteiger partial charge in [-0.3, -0.25) is 9.59 Å². The molecule has 1 atom stereocenters. The van der Waals surface area contributed by atoms with Crippen LogP contribution in [0.3, 0.4) is 0 Å². The number of hydrogen-bond acceptors (Lipinski definition) is 4. The van der Waals surface area contributed by atoms with E-state index in [2.05, 4.69) is 5.32 Å². The molecule has 1 aromatic rings. The van der Waals surface area contributed by atoms with Crippen LogP contribution in [-0.4, -0.2) is 49.0 Å². The van der Waals surface area contributed by atoms with E-state index in [0.717, 1.165) is 0 Å². The lowest BCUT2D eigenvalue weighted by Crippen LogP contribution is -2.59. The first-order chi connectivity index (χ1) is 9.18. The molecule has 1 aliphatic rings. The van der Waals surface area contributed by atoms with Crippen LogP contribution in [-0.2, 0) is 9.59 Å². The number of primary amides is 1. The van der Waals surface area contributed by atoms with Gasteiger partial charge in [-0.05, 0) is 12.1 Å². The molecule has 2 rings (SSSR count). The molecule has 0 spiro atoms. The van der Waals surface area contributed by atoms with Gasteiger partial charge in [0.05, 0.1) is 0 Å². The second-order valence-electron chi connectivity index (χ2n) is 4.31. The summed E-state index contributed by atoms with van der Waals surface area (Å²) in [6, 6.07) is 8.48. The van der Waals surface area contributed by atoms with Crippen LogP contribution >= 0.6 is 0 Å². The zero-order chi connectivity index (χ0) is 13.7. The molecule has 3 N–H and O–H groups in total. The predicted octanol–water partition coefficient (Wildman–Crippen LogP) is -0.649. The lowest BCUT2D eigenvalue weighted by molar-refractivity contribution is -0.141.